The van der Waals surface area contributed by atoms with E-state index in [1.165, 1.54) is 8.61 Å². The van der Waals surface area contributed by atoms with Gasteiger partial charge in [-0.3, -0.25) is 4.31 Å². The Labute approximate surface area is 94.2 Å². The molecule has 1 aliphatic heterocycles. The number of anilines is 1. The molecule has 1 aromatic carbocycles. The fourth-order valence-corrected chi connectivity index (χ4v) is 3.05. The Morgan fingerprint density at radius 2 is 2.07 bits per heavy atom. The second-order valence-corrected chi connectivity index (χ2v) is 5.78. The molecule has 0 saturated carbocycles. The normalized spacial score (nSPS) is 20.8. The predicted molar refractivity (Wildman–Crippen MR) is 60.3 cm³/mol. The van der Waals surface area contributed by atoms with E-state index in [2.05, 4.69) is 0 Å². The summed E-state index contributed by atoms with van der Waals surface area (Å²) in [6.45, 7) is 0.980. The van der Waals surface area contributed by atoms with Gasteiger partial charge in [-0.1, -0.05) is 17.7 Å². The van der Waals surface area contributed by atoms with Crippen LogP contribution in [0.25, 0.3) is 0 Å². The van der Waals surface area contributed by atoms with Crippen molar-refractivity contribution in [2.24, 2.45) is 0 Å². The first-order chi connectivity index (χ1) is 7.01. The summed E-state index contributed by atoms with van der Waals surface area (Å²) in [6.07, 6.45) is 0. The van der Waals surface area contributed by atoms with E-state index in [0.717, 1.165) is 0 Å². The molecule has 1 fully saturated rings. The molecule has 82 valence electrons. The van der Waals surface area contributed by atoms with Crippen LogP contribution in [0.3, 0.4) is 0 Å². The molecule has 0 amide bonds. The van der Waals surface area contributed by atoms with E-state index >= 15 is 0 Å². The van der Waals surface area contributed by atoms with Crippen LogP contribution in [0, 0.1) is 0 Å². The average molecular weight is 247 g/mol. The maximum atomic E-state index is 11.8. The van der Waals surface area contributed by atoms with Crippen molar-refractivity contribution < 1.29 is 8.42 Å². The topological polar surface area (TPSA) is 40.6 Å². The Kier molecular flexibility index (Phi) is 2.62. The zero-order valence-electron chi connectivity index (χ0n) is 8.22. The third-order valence-electron chi connectivity index (χ3n) is 2.39. The number of halogens is 1. The van der Waals surface area contributed by atoms with Crippen molar-refractivity contribution in [3.63, 3.8) is 0 Å². The van der Waals surface area contributed by atoms with Gasteiger partial charge in [0.05, 0.1) is 5.69 Å². The van der Waals surface area contributed by atoms with Crippen LogP contribution in [-0.4, -0.2) is 32.9 Å². The summed E-state index contributed by atoms with van der Waals surface area (Å²) in [4.78, 5) is 0. The molecule has 2 rings (SSSR count). The summed E-state index contributed by atoms with van der Waals surface area (Å²) in [7, 11) is -1.76. The zero-order valence-corrected chi connectivity index (χ0v) is 9.79. The van der Waals surface area contributed by atoms with Crippen molar-refractivity contribution in [1.82, 2.24) is 4.31 Å². The third-order valence-corrected chi connectivity index (χ3v) is 4.54. The molecule has 4 nitrogen and oxygen atoms in total. The molecule has 0 radical (unpaired) electrons. The maximum Gasteiger partial charge on any atom is 0.303 e. The molecular formula is C9H11ClN2O2S. The second kappa shape index (κ2) is 3.66. The molecule has 0 unspecified atom stereocenters. The van der Waals surface area contributed by atoms with E-state index < -0.39 is 10.2 Å². The van der Waals surface area contributed by atoms with E-state index in [4.69, 9.17) is 11.6 Å². The number of hydrogen-bond donors (Lipinski definition) is 0. The van der Waals surface area contributed by atoms with Crippen molar-refractivity contribution in [2.45, 2.75) is 0 Å². The standard InChI is InChI=1S/C9H11ClN2O2S/c1-11-5-6-12(15(11,13)14)9-4-2-3-8(10)7-9/h2-4,7H,5-6H2,1H3. The van der Waals surface area contributed by atoms with Gasteiger partial charge in [0.1, 0.15) is 0 Å². The average Bonchev–Trinajstić information content (AvgIpc) is 2.42. The smallest absolute Gasteiger partial charge is 0.256 e. The van der Waals surface area contributed by atoms with Crippen LogP contribution in [0.2, 0.25) is 5.02 Å². The summed E-state index contributed by atoms with van der Waals surface area (Å²) in [5.41, 5.74) is 0.617. The lowest BCUT2D eigenvalue weighted by atomic mass is 10.3. The van der Waals surface area contributed by atoms with Gasteiger partial charge < -0.3 is 0 Å². The molecule has 1 aromatic rings. The van der Waals surface area contributed by atoms with Crippen LogP contribution in [0.1, 0.15) is 0 Å². The number of hydrogen-bond acceptors (Lipinski definition) is 2. The van der Waals surface area contributed by atoms with Crippen molar-refractivity contribution >= 4 is 27.5 Å². The highest BCUT2D eigenvalue weighted by Gasteiger charge is 2.33. The highest BCUT2D eigenvalue weighted by molar-refractivity contribution is 7.90. The largest absolute Gasteiger partial charge is 0.303 e. The lowest BCUT2D eigenvalue weighted by Gasteiger charge is -2.17. The predicted octanol–water partition coefficient (Wildman–Crippen LogP) is 1.34. The number of likely N-dealkylation sites (N-methyl/N-ethyl adjacent to an activating group) is 1. The van der Waals surface area contributed by atoms with Gasteiger partial charge in [-0.05, 0) is 18.2 Å². The van der Waals surface area contributed by atoms with Crippen LogP contribution in [-0.2, 0) is 10.2 Å². The fourth-order valence-electron chi connectivity index (χ4n) is 1.52. The Morgan fingerprint density at radius 1 is 1.33 bits per heavy atom. The van der Waals surface area contributed by atoms with Crippen LogP contribution in [0.4, 0.5) is 5.69 Å². The molecule has 15 heavy (non-hydrogen) atoms. The Morgan fingerprint density at radius 3 is 2.60 bits per heavy atom. The Balaban J connectivity index is 2.41. The third kappa shape index (κ3) is 1.82. The SMILES string of the molecule is CN1CCN(c2cccc(Cl)c2)S1(=O)=O. The molecule has 0 bridgehead atoms. The molecule has 0 N–H and O–H groups in total. The van der Waals surface area contributed by atoms with Gasteiger partial charge in [0, 0.05) is 25.2 Å². The summed E-state index contributed by atoms with van der Waals surface area (Å²) in [5.74, 6) is 0. The molecule has 0 aliphatic carbocycles. The molecule has 6 heteroatoms. The van der Waals surface area contributed by atoms with Crippen molar-refractivity contribution in [3.8, 4) is 0 Å². The quantitative estimate of drug-likeness (QED) is 0.750. The van der Waals surface area contributed by atoms with Crippen LogP contribution in [0.5, 0.6) is 0 Å². The first-order valence-corrected chi connectivity index (χ1v) is 6.29. The van der Waals surface area contributed by atoms with Crippen LogP contribution >= 0.6 is 11.6 Å². The summed E-state index contributed by atoms with van der Waals surface area (Å²) < 4.78 is 26.3. The highest BCUT2D eigenvalue weighted by atomic mass is 35.5. The molecule has 0 aromatic heterocycles. The molecular weight excluding hydrogens is 236 g/mol. The van der Waals surface area contributed by atoms with Gasteiger partial charge in [-0.25, -0.2) is 0 Å². The molecule has 1 heterocycles. The molecule has 1 saturated heterocycles. The van der Waals surface area contributed by atoms with Gasteiger partial charge in [0.2, 0.25) is 0 Å². The van der Waals surface area contributed by atoms with Gasteiger partial charge in [0.25, 0.3) is 0 Å². The maximum absolute atomic E-state index is 11.8. The van der Waals surface area contributed by atoms with Crippen molar-refractivity contribution in [2.75, 3.05) is 24.4 Å². The van der Waals surface area contributed by atoms with Crippen molar-refractivity contribution in [1.29, 1.82) is 0 Å². The lowest BCUT2D eigenvalue weighted by molar-refractivity contribution is 0.511. The van der Waals surface area contributed by atoms with Crippen LogP contribution < -0.4 is 4.31 Å². The van der Waals surface area contributed by atoms with E-state index in [1.807, 2.05) is 0 Å². The zero-order chi connectivity index (χ0) is 11.1. The molecule has 0 atom stereocenters. The summed E-state index contributed by atoms with van der Waals surface area (Å²) in [6, 6.07) is 6.85. The Hall–Kier alpha value is -0.780. The second-order valence-electron chi connectivity index (χ2n) is 3.38. The number of nitrogens with zero attached hydrogens (tertiary/aromatic N) is 2. The highest BCUT2D eigenvalue weighted by Crippen LogP contribution is 2.26. The van der Waals surface area contributed by atoms with Gasteiger partial charge >= 0.3 is 10.2 Å². The van der Waals surface area contributed by atoms with E-state index in [0.29, 0.717) is 23.8 Å². The minimum Gasteiger partial charge on any atom is -0.256 e. The fraction of sp³-hybridized carbons (Fsp3) is 0.333. The van der Waals surface area contributed by atoms with Crippen LogP contribution in [0.15, 0.2) is 24.3 Å². The van der Waals surface area contributed by atoms with E-state index in [9.17, 15) is 8.42 Å². The molecule has 0 spiro atoms. The minimum absolute atomic E-state index is 0.471. The first-order valence-electron chi connectivity index (χ1n) is 4.51. The lowest BCUT2D eigenvalue weighted by Crippen LogP contribution is -2.30. The first kappa shape index (κ1) is 10.7. The van der Waals surface area contributed by atoms with E-state index in [-0.39, 0.29) is 0 Å². The molecule has 1 aliphatic rings. The number of rotatable bonds is 1. The minimum atomic E-state index is -3.33. The van der Waals surface area contributed by atoms with Gasteiger partial charge in [0.15, 0.2) is 0 Å². The van der Waals surface area contributed by atoms with E-state index in [1.54, 1.807) is 31.3 Å². The Bertz CT molecular complexity index is 475. The monoisotopic (exact) mass is 246 g/mol. The van der Waals surface area contributed by atoms with Gasteiger partial charge in [-0.15, -0.1) is 0 Å². The van der Waals surface area contributed by atoms with Gasteiger partial charge in [-0.2, -0.15) is 12.7 Å². The van der Waals surface area contributed by atoms with Crippen molar-refractivity contribution in [3.05, 3.63) is 29.3 Å². The summed E-state index contributed by atoms with van der Waals surface area (Å²) in [5, 5.41) is 0.539. The summed E-state index contributed by atoms with van der Waals surface area (Å²) >= 11 is 5.82. The number of benzene rings is 1.